The molecule has 1 aromatic heterocycles. The molecule has 1 heterocycles. The predicted octanol–water partition coefficient (Wildman–Crippen LogP) is 5.10. The van der Waals surface area contributed by atoms with E-state index >= 15 is 0 Å². The molecule has 6 nitrogen and oxygen atoms in total. The lowest BCUT2D eigenvalue weighted by Crippen LogP contribution is -2.01. The van der Waals surface area contributed by atoms with Crippen LogP contribution in [0, 0.1) is 11.8 Å². The molecule has 3 aromatic rings. The number of rotatable bonds is 10. The Morgan fingerprint density at radius 2 is 1.82 bits per heavy atom. The van der Waals surface area contributed by atoms with Gasteiger partial charge in [-0.15, -0.1) is 5.92 Å². The van der Waals surface area contributed by atoms with Crippen molar-refractivity contribution in [2.75, 3.05) is 6.61 Å². The molecule has 2 N–H and O–H groups in total. The van der Waals surface area contributed by atoms with E-state index in [0.717, 1.165) is 34.2 Å². The zero-order chi connectivity index (χ0) is 23.6. The summed E-state index contributed by atoms with van der Waals surface area (Å²) in [6.45, 7) is 2.87. The van der Waals surface area contributed by atoms with Crippen LogP contribution in [0.15, 0.2) is 48.7 Å². The number of carbonyl (C=O) groups is 2. The van der Waals surface area contributed by atoms with Gasteiger partial charge in [-0.2, -0.15) is 0 Å². The van der Waals surface area contributed by atoms with E-state index in [1.165, 1.54) is 0 Å². The number of carboxylic acids is 2. The Kier molecular flexibility index (Phi) is 8.31. The molecule has 6 heteroatoms. The van der Waals surface area contributed by atoms with Gasteiger partial charge in [0.05, 0.1) is 6.42 Å². The summed E-state index contributed by atoms with van der Waals surface area (Å²) < 4.78 is 7.54. The summed E-state index contributed by atoms with van der Waals surface area (Å²) in [6, 6.07) is 13.5. The summed E-state index contributed by atoms with van der Waals surface area (Å²) in [5.41, 5.74) is 3.51. The van der Waals surface area contributed by atoms with E-state index < -0.39 is 11.9 Å². The van der Waals surface area contributed by atoms with Gasteiger partial charge in [0.15, 0.2) is 0 Å². The van der Waals surface area contributed by atoms with Gasteiger partial charge in [-0.05, 0) is 41.3 Å². The van der Waals surface area contributed by atoms with E-state index in [1.807, 2.05) is 72.3 Å². The van der Waals surface area contributed by atoms with Gasteiger partial charge >= 0.3 is 11.9 Å². The van der Waals surface area contributed by atoms with Crippen molar-refractivity contribution >= 4 is 35.0 Å². The first kappa shape index (κ1) is 23.7. The van der Waals surface area contributed by atoms with Crippen molar-refractivity contribution in [3.05, 3.63) is 65.4 Å². The molecule has 3 rings (SSSR count). The van der Waals surface area contributed by atoms with Gasteiger partial charge in [0.1, 0.15) is 12.4 Å². The van der Waals surface area contributed by atoms with Crippen LogP contribution in [0.25, 0.3) is 23.1 Å². The molecule has 0 amide bonds. The van der Waals surface area contributed by atoms with Crippen molar-refractivity contribution in [3.63, 3.8) is 0 Å². The highest BCUT2D eigenvalue weighted by Crippen LogP contribution is 2.28. The molecular formula is C27H27NO5. The Labute approximate surface area is 193 Å². The highest BCUT2D eigenvalue weighted by atomic mass is 16.5. The van der Waals surface area contributed by atoms with Gasteiger partial charge in [0.2, 0.25) is 0 Å². The van der Waals surface area contributed by atoms with Crippen LogP contribution in [0.5, 0.6) is 5.75 Å². The lowest BCUT2D eigenvalue weighted by Gasteiger charge is -2.05. The summed E-state index contributed by atoms with van der Waals surface area (Å²) in [4.78, 5) is 22.3. The van der Waals surface area contributed by atoms with Crippen LogP contribution in [0.4, 0.5) is 0 Å². The van der Waals surface area contributed by atoms with Crippen LogP contribution in [-0.4, -0.2) is 33.3 Å². The molecule has 0 fully saturated rings. The molecule has 0 aliphatic carbocycles. The van der Waals surface area contributed by atoms with Crippen molar-refractivity contribution in [2.45, 2.75) is 39.2 Å². The minimum Gasteiger partial charge on any atom is -0.481 e. The Balaban J connectivity index is 1.84. The Morgan fingerprint density at radius 3 is 2.52 bits per heavy atom. The van der Waals surface area contributed by atoms with E-state index in [9.17, 15) is 14.7 Å². The Hall–Kier alpha value is -3.98. The van der Waals surface area contributed by atoms with Gasteiger partial charge in [0.25, 0.3) is 0 Å². The third-order valence-electron chi connectivity index (χ3n) is 5.10. The largest absolute Gasteiger partial charge is 0.481 e. The van der Waals surface area contributed by atoms with E-state index in [-0.39, 0.29) is 12.8 Å². The van der Waals surface area contributed by atoms with Crippen molar-refractivity contribution in [3.8, 4) is 17.6 Å². The van der Waals surface area contributed by atoms with Crippen molar-refractivity contribution in [1.82, 2.24) is 4.57 Å². The summed E-state index contributed by atoms with van der Waals surface area (Å²) >= 11 is 0. The molecule has 0 saturated carbocycles. The average Bonchev–Trinajstić information content (AvgIpc) is 3.13. The molecular weight excluding hydrogens is 418 g/mol. The third kappa shape index (κ3) is 6.75. The first-order valence-corrected chi connectivity index (χ1v) is 10.9. The van der Waals surface area contributed by atoms with E-state index in [0.29, 0.717) is 25.1 Å². The maximum atomic E-state index is 11.4. The zero-order valence-corrected chi connectivity index (χ0v) is 18.6. The van der Waals surface area contributed by atoms with Gasteiger partial charge < -0.3 is 19.5 Å². The molecule has 0 saturated heterocycles. The van der Waals surface area contributed by atoms with E-state index in [1.54, 1.807) is 0 Å². The molecule has 2 aromatic carbocycles. The molecule has 0 aliphatic rings. The fourth-order valence-corrected chi connectivity index (χ4v) is 3.65. The maximum Gasteiger partial charge on any atom is 0.307 e. The number of aliphatic carboxylic acids is 2. The minimum absolute atomic E-state index is 0.0679. The van der Waals surface area contributed by atoms with Crippen molar-refractivity contribution in [1.29, 1.82) is 0 Å². The standard InChI is InChI=1S/C27H27NO5/c1-2-3-4-17-33-23-14-11-20(12-15-23)10-13-21-7-5-8-24-27(21)22(18-26(31)32)19-28(24)16-6-9-25(29)30/h5,7-8,10-15,19H,2,6,9,16-18H2,1H3,(H,29,30)(H,31,32)/b13-10+. The number of aryl methyl sites for hydroxylation is 1. The number of hydrogen-bond donors (Lipinski definition) is 2. The number of hydrogen-bond acceptors (Lipinski definition) is 3. The van der Waals surface area contributed by atoms with Gasteiger partial charge in [-0.25, -0.2) is 0 Å². The Bertz CT molecular complexity index is 1210. The minimum atomic E-state index is -0.905. The predicted molar refractivity (Wildman–Crippen MR) is 129 cm³/mol. The monoisotopic (exact) mass is 445 g/mol. The van der Waals surface area contributed by atoms with Crippen LogP contribution in [0.1, 0.15) is 42.9 Å². The van der Waals surface area contributed by atoms with Crippen LogP contribution in [0.2, 0.25) is 0 Å². The van der Waals surface area contributed by atoms with E-state index in [2.05, 4.69) is 11.8 Å². The molecule has 170 valence electrons. The van der Waals surface area contributed by atoms with Crippen LogP contribution < -0.4 is 4.74 Å². The lowest BCUT2D eigenvalue weighted by molar-refractivity contribution is -0.137. The molecule has 0 radical (unpaired) electrons. The Morgan fingerprint density at radius 1 is 1.03 bits per heavy atom. The highest BCUT2D eigenvalue weighted by molar-refractivity contribution is 5.96. The number of nitrogens with zero attached hydrogens (tertiary/aromatic N) is 1. The van der Waals surface area contributed by atoms with Crippen LogP contribution in [-0.2, 0) is 22.6 Å². The number of aromatic nitrogens is 1. The number of fused-ring (bicyclic) bond motifs is 1. The fraction of sp³-hybridized carbons (Fsp3) is 0.259. The number of ether oxygens (including phenoxy) is 1. The van der Waals surface area contributed by atoms with Crippen molar-refractivity contribution < 1.29 is 24.5 Å². The number of carboxylic acid groups (broad SMARTS) is 2. The summed E-state index contributed by atoms with van der Waals surface area (Å²) in [7, 11) is 0. The lowest BCUT2D eigenvalue weighted by atomic mass is 10.0. The molecule has 0 atom stereocenters. The SMILES string of the molecule is CCC#CCOc1ccc(/C=C/c2cccc3c2c(CC(=O)O)cn3CCCC(=O)O)cc1. The van der Waals surface area contributed by atoms with Crippen LogP contribution in [0.3, 0.4) is 0 Å². The summed E-state index contributed by atoms with van der Waals surface area (Å²) in [6.07, 6.45) is 7.02. The number of benzene rings is 2. The second-order valence-corrected chi connectivity index (χ2v) is 7.56. The fourth-order valence-electron chi connectivity index (χ4n) is 3.65. The smallest absolute Gasteiger partial charge is 0.307 e. The van der Waals surface area contributed by atoms with E-state index in [4.69, 9.17) is 9.84 Å². The molecule has 0 bridgehead atoms. The van der Waals surface area contributed by atoms with Gasteiger partial charge in [-0.3, -0.25) is 9.59 Å². The molecule has 33 heavy (non-hydrogen) atoms. The van der Waals surface area contributed by atoms with Gasteiger partial charge in [0, 0.05) is 36.5 Å². The topological polar surface area (TPSA) is 88.8 Å². The summed E-state index contributed by atoms with van der Waals surface area (Å²) in [5, 5.41) is 19.2. The first-order chi connectivity index (χ1) is 16.0. The molecule has 0 unspecified atom stereocenters. The van der Waals surface area contributed by atoms with Crippen LogP contribution >= 0.6 is 0 Å². The molecule has 0 spiro atoms. The van der Waals surface area contributed by atoms with Crippen molar-refractivity contribution in [2.24, 2.45) is 0 Å². The average molecular weight is 446 g/mol. The van der Waals surface area contributed by atoms with Gasteiger partial charge in [-0.1, -0.05) is 49.3 Å². The maximum absolute atomic E-state index is 11.4. The quantitative estimate of drug-likeness (QED) is 0.335. The summed E-state index contributed by atoms with van der Waals surface area (Å²) in [5.74, 6) is 4.91. The third-order valence-corrected chi connectivity index (χ3v) is 5.10. The second kappa shape index (κ2) is 11.6. The highest BCUT2D eigenvalue weighted by Gasteiger charge is 2.14. The normalized spacial score (nSPS) is 10.8. The second-order valence-electron chi connectivity index (χ2n) is 7.56. The zero-order valence-electron chi connectivity index (χ0n) is 18.6. The first-order valence-electron chi connectivity index (χ1n) is 10.9. The molecule has 0 aliphatic heterocycles.